The van der Waals surface area contributed by atoms with Crippen LogP contribution >= 0.6 is 12.2 Å². The van der Waals surface area contributed by atoms with Crippen LogP contribution in [0.3, 0.4) is 0 Å². The van der Waals surface area contributed by atoms with Crippen molar-refractivity contribution in [3.05, 3.63) is 42.5 Å². The summed E-state index contributed by atoms with van der Waals surface area (Å²) in [7, 11) is 0. The monoisotopic (exact) mass is 465 g/mol. The van der Waals surface area contributed by atoms with E-state index < -0.39 is 0 Å². The highest BCUT2D eigenvalue weighted by Gasteiger charge is 2.44. The number of likely N-dealkylation sites (tertiary alicyclic amines) is 1. The zero-order valence-corrected chi connectivity index (χ0v) is 20.5. The van der Waals surface area contributed by atoms with E-state index in [1.165, 1.54) is 57.1 Å². The number of piperazine rings is 1. The first-order chi connectivity index (χ1) is 16.0. The van der Waals surface area contributed by atoms with Crippen LogP contribution in [-0.2, 0) is 4.79 Å². The Morgan fingerprint density at radius 1 is 0.970 bits per heavy atom. The number of hydrogen-bond donors (Lipinski definition) is 0. The van der Waals surface area contributed by atoms with Crippen molar-refractivity contribution in [2.75, 3.05) is 39.3 Å². The Labute approximate surface area is 202 Å². The van der Waals surface area contributed by atoms with E-state index in [2.05, 4.69) is 17.0 Å². The molecule has 1 saturated carbocycles. The van der Waals surface area contributed by atoms with Crippen molar-refractivity contribution in [1.82, 2.24) is 14.7 Å². The summed E-state index contributed by atoms with van der Waals surface area (Å²) in [5.41, 5.74) is 0.747. The van der Waals surface area contributed by atoms with Gasteiger partial charge in [-0.15, -0.1) is 0 Å². The van der Waals surface area contributed by atoms with Crippen molar-refractivity contribution in [3.63, 3.8) is 0 Å². The molecular weight excluding hydrogens is 430 g/mol. The number of piperidine rings is 1. The second-order valence-electron chi connectivity index (χ2n) is 10.1. The lowest BCUT2D eigenvalue weighted by Crippen LogP contribution is -2.58. The molecule has 2 aliphatic heterocycles. The summed E-state index contributed by atoms with van der Waals surface area (Å²) in [6.07, 6.45) is 7.95. The van der Waals surface area contributed by atoms with Gasteiger partial charge >= 0.3 is 0 Å². The summed E-state index contributed by atoms with van der Waals surface area (Å²) in [5, 5.41) is 2.66. The van der Waals surface area contributed by atoms with Gasteiger partial charge in [0.05, 0.1) is 0 Å². The molecule has 3 aliphatic rings. The van der Waals surface area contributed by atoms with Gasteiger partial charge in [-0.3, -0.25) is 4.79 Å². The zero-order chi connectivity index (χ0) is 22.8. The number of thiocarbonyl (C=S) groups is 1. The first-order valence-corrected chi connectivity index (χ1v) is 12.9. The number of benzene rings is 2. The first kappa shape index (κ1) is 22.6. The molecule has 2 aromatic carbocycles. The number of fused-ring (bicyclic) bond motifs is 1. The first-order valence-electron chi connectivity index (χ1n) is 12.5. The molecule has 0 aromatic heterocycles. The Hall–Kier alpha value is -2.18. The topological polar surface area (TPSA) is 36.0 Å². The fourth-order valence-corrected chi connectivity index (χ4v) is 5.70. The predicted octanol–water partition coefficient (Wildman–Crippen LogP) is 4.69. The largest absolute Gasteiger partial charge is 0.432 e. The minimum Gasteiger partial charge on any atom is -0.432 e. The molecular formula is C27H35N3O2S. The second-order valence-corrected chi connectivity index (χ2v) is 10.5. The Morgan fingerprint density at radius 3 is 2.45 bits per heavy atom. The lowest BCUT2D eigenvalue weighted by molar-refractivity contribution is -0.138. The Balaban J connectivity index is 1.07. The van der Waals surface area contributed by atoms with Crippen molar-refractivity contribution >= 4 is 34.1 Å². The van der Waals surface area contributed by atoms with Crippen LogP contribution in [0.1, 0.15) is 45.4 Å². The smallest absolute Gasteiger partial charge is 0.265 e. The van der Waals surface area contributed by atoms with E-state index in [1.54, 1.807) is 0 Å². The summed E-state index contributed by atoms with van der Waals surface area (Å²) in [6, 6.07) is 13.9. The third-order valence-electron chi connectivity index (χ3n) is 7.93. The van der Waals surface area contributed by atoms with Crippen molar-refractivity contribution in [2.45, 2.75) is 51.5 Å². The van der Waals surface area contributed by atoms with Gasteiger partial charge in [0.25, 0.3) is 5.17 Å². The van der Waals surface area contributed by atoms with Crippen LogP contribution in [0.4, 0.5) is 0 Å². The lowest BCUT2D eigenvalue weighted by Gasteiger charge is -2.40. The van der Waals surface area contributed by atoms with Gasteiger partial charge in [-0.05, 0) is 106 Å². The molecule has 2 aromatic rings. The molecule has 0 bridgehead atoms. The normalized spacial score (nSPS) is 22.7. The number of ether oxygens (including phenoxy) is 1. The molecule has 2 saturated heterocycles. The standard InChI is InChI=1S/C27H35N3O2S/c1-21-25(31)29(15-5-4-14-28-16-12-27(10-11-27)13-17-28)18-19-30(21)26(33)32-24-9-8-22-6-2-3-7-23(22)20-24/h2-3,6-9,20-21H,4-5,10-19H2,1H3. The number of nitrogens with zero attached hydrogens (tertiary/aromatic N) is 3. The quantitative estimate of drug-likeness (QED) is 0.457. The number of rotatable bonds is 6. The highest BCUT2D eigenvalue weighted by atomic mass is 32.1. The highest BCUT2D eigenvalue weighted by Crippen LogP contribution is 2.53. The van der Waals surface area contributed by atoms with Gasteiger partial charge in [0.2, 0.25) is 5.91 Å². The molecule has 5 rings (SSSR count). The molecule has 2 heterocycles. The Kier molecular flexibility index (Phi) is 6.57. The lowest BCUT2D eigenvalue weighted by atomic mass is 9.93. The van der Waals surface area contributed by atoms with Gasteiger partial charge in [0, 0.05) is 19.6 Å². The third-order valence-corrected chi connectivity index (χ3v) is 8.25. The van der Waals surface area contributed by atoms with Crippen molar-refractivity contribution < 1.29 is 9.53 Å². The molecule has 5 nitrogen and oxygen atoms in total. The van der Waals surface area contributed by atoms with E-state index in [0.717, 1.165) is 23.8 Å². The van der Waals surface area contributed by atoms with E-state index in [4.69, 9.17) is 17.0 Å². The number of hydrogen-bond acceptors (Lipinski definition) is 4. The molecule has 1 unspecified atom stereocenters. The molecule has 0 N–H and O–H groups in total. The molecule has 3 fully saturated rings. The van der Waals surface area contributed by atoms with Gasteiger partial charge in [-0.25, -0.2) is 0 Å². The average Bonchev–Trinajstić information content (AvgIpc) is 3.59. The molecule has 0 radical (unpaired) electrons. The maximum atomic E-state index is 13.0. The Morgan fingerprint density at radius 2 is 1.70 bits per heavy atom. The summed E-state index contributed by atoms with van der Waals surface area (Å²) < 4.78 is 5.98. The van der Waals surface area contributed by atoms with E-state index in [1.807, 2.05) is 47.1 Å². The van der Waals surface area contributed by atoms with Crippen molar-refractivity contribution in [3.8, 4) is 5.75 Å². The minimum atomic E-state index is -0.288. The number of carbonyl (C=O) groups excluding carboxylic acids is 1. The van der Waals surface area contributed by atoms with Crippen LogP contribution in [0.15, 0.2) is 42.5 Å². The van der Waals surface area contributed by atoms with E-state index in [0.29, 0.717) is 24.0 Å². The second kappa shape index (κ2) is 9.59. The van der Waals surface area contributed by atoms with Crippen LogP contribution in [0.25, 0.3) is 10.8 Å². The number of carbonyl (C=O) groups is 1. The van der Waals surface area contributed by atoms with E-state index in [-0.39, 0.29) is 11.9 Å². The van der Waals surface area contributed by atoms with E-state index >= 15 is 0 Å². The SMILES string of the molecule is CC1C(=O)N(CCCCN2CCC3(CC2)CC3)CCN1C(=S)Oc1ccc2ccccc2c1. The van der Waals surface area contributed by atoms with Crippen LogP contribution in [0.5, 0.6) is 5.75 Å². The molecule has 1 aliphatic carbocycles. The minimum absolute atomic E-state index is 0.152. The van der Waals surface area contributed by atoms with Gasteiger partial charge in [-0.1, -0.05) is 30.3 Å². The molecule has 1 amide bonds. The van der Waals surface area contributed by atoms with Gasteiger partial charge in [-0.2, -0.15) is 0 Å². The van der Waals surface area contributed by atoms with E-state index in [9.17, 15) is 4.79 Å². The summed E-state index contributed by atoms with van der Waals surface area (Å²) in [6.45, 7) is 7.90. The predicted molar refractivity (Wildman–Crippen MR) is 136 cm³/mol. The molecule has 33 heavy (non-hydrogen) atoms. The van der Waals surface area contributed by atoms with Crippen LogP contribution < -0.4 is 4.74 Å². The highest BCUT2D eigenvalue weighted by molar-refractivity contribution is 7.80. The third kappa shape index (κ3) is 5.17. The van der Waals surface area contributed by atoms with Gasteiger partial charge in [0.15, 0.2) is 0 Å². The zero-order valence-electron chi connectivity index (χ0n) is 19.7. The maximum Gasteiger partial charge on any atom is 0.265 e. The number of amides is 1. The van der Waals surface area contributed by atoms with Crippen LogP contribution in [0, 0.1) is 5.41 Å². The number of unbranched alkanes of at least 4 members (excludes halogenated alkanes) is 1. The molecule has 1 atom stereocenters. The van der Waals surface area contributed by atoms with Crippen molar-refractivity contribution in [1.29, 1.82) is 0 Å². The van der Waals surface area contributed by atoms with Gasteiger partial charge < -0.3 is 19.4 Å². The van der Waals surface area contributed by atoms with Gasteiger partial charge in [0.1, 0.15) is 11.8 Å². The fourth-order valence-electron chi connectivity index (χ4n) is 5.36. The molecule has 176 valence electrons. The maximum absolute atomic E-state index is 13.0. The molecule has 6 heteroatoms. The van der Waals surface area contributed by atoms with Crippen LogP contribution in [0.2, 0.25) is 0 Å². The summed E-state index contributed by atoms with van der Waals surface area (Å²) in [5.74, 6) is 0.866. The summed E-state index contributed by atoms with van der Waals surface area (Å²) in [4.78, 5) is 19.6. The fraction of sp³-hybridized carbons (Fsp3) is 0.556. The Bertz CT molecular complexity index is 1010. The van der Waals surface area contributed by atoms with Crippen molar-refractivity contribution in [2.24, 2.45) is 5.41 Å². The molecule has 1 spiro atoms. The van der Waals surface area contributed by atoms with Crippen LogP contribution in [-0.4, -0.2) is 71.1 Å². The summed E-state index contributed by atoms with van der Waals surface area (Å²) >= 11 is 5.57. The average molecular weight is 466 g/mol.